The highest BCUT2D eigenvalue weighted by molar-refractivity contribution is 5.96. The van der Waals surface area contributed by atoms with Crippen molar-refractivity contribution in [3.63, 3.8) is 0 Å². The van der Waals surface area contributed by atoms with Crippen molar-refractivity contribution in [3.8, 4) is 0 Å². The Morgan fingerprint density at radius 1 is 0.963 bits per heavy atom. The number of nitrogens with zero attached hydrogens (tertiary/aromatic N) is 1. The number of aryl methyl sites for hydroxylation is 2. The Morgan fingerprint density at radius 2 is 1.67 bits per heavy atom. The third kappa shape index (κ3) is 6.55. The van der Waals surface area contributed by atoms with E-state index in [2.05, 4.69) is 17.6 Å². The summed E-state index contributed by atoms with van der Waals surface area (Å²) in [6.45, 7) is 7.69. The van der Waals surface area contributed by atoms with Crippen LogP contribution in [0.15, 0.2) is 54.6 Å². The predicted molar refractivity (Wildman–Crippen MR) is 109 cm³/mol. The molecule has 2 aromatic carbocycles. The molecule has 144 valence electrons. The third-order valence-electron chi connectivity index (χ3n) is 4.34. The summed E-state index contributed by atoms with van der Waals surface area (Å²) in [7, 11) is 0. The number of carbonyl (C=O) groups excluding carboxylic acids is 2. The molecule has 0 atom stereocenters. The average molecular weight is 367 g/mol. The highest BCUT2D eigenvalue weighted by atomic mass is 16.2. The Bertz CT molecular complexity index is 763. The Labute approximate surface area is 162 Å². The van der Waals surface area contributed by atoms with Crippen LogP contribution >= 0.6 is 0 Å². The quantitative estimate of drug-likeness (QED) is 0.596. The molecule has 4 heteroatoms. The molecule has 0 saturated heterocycles. The van der Waals surface area contributed by atoms with E-state index < -0.39 is 5.54 Å². The van der Waals surface area contributed by atoms with Gasteiger partial charge in [0.15, 0.2) is 0 Å². The number of nitrogens with one attached hydrogen (secondary N) is 1. The monoisotopic (exact) mass is 366 g/mol. The van der Waals surface area contributed by atoms with Crippen LogP contribution in [0.4, 0.5) is 0 Å². The van der Waals surface area contributed by atoms with Gasteiger partial charge in [-0.1, -0.05) is 48.0 Å². The summed E-state index contributed by atoms with van der Waals surface area (Å²) in [5.74, 6) is -0.317. The molecule has 0 aromatic heterocycles. The van der Waals surface area contributed by atoms with Crippen LogP contribution in [0.3, 0.4) is 0 Å². The van der Waals surface area contributed by atoms with Gasteiger partial charge in [0.05, 0.1) is 5.54 Å². The van der Waals surface area contributed by atoms with E-state index in [1.165, 1.54) is 10.6 Å². The number of hydrogen-bond donors (Lipinski definition) is 1. The number of carbonyl (C=O) groups is 2. The Balaban J connectivity index is 1.91. The first-order valence-electron chi connectivity index (χ1n) is 9.52. The van der Waals surface area contributed by atoms with Crippen LogP contribution in [-0.2, 0) is 11.2 Å². The molecule has 0 spiro atoms. The van der Waals surface area contributed by atoms with E-state index >= 15 is 0 Å². The lowest BCUT2D eigenvalue weighted by atomic mass is 10.1. The Morgan fingerprint density at radius 3 is 2.30 bits per heavy atom. The van der Waals surface area contributed by atoms with Crippen LogP contribution < -0.4 is 5.43 Å². The molecule has 2 rings (SSSR count). The fourth-order valence-electron chi connectivity index (χ4n) is 2.87. The molecule has 0 saturated carbocycles. The van der Waals surface area contributed by atoms with Gasteiger partial charge < -0.3 is 0 Å². The number of amides is 2. The predicted octanol–water partition coefficient (Wildman–Crippen LogP) is 4.68. The molecule has 0 aliphatic heterocycles. The highest BCUT2D eigenvalue weighted by Crippen LogP contribution is 2.16. The van der Waals surface area contributed by atoms with E-state index in [9.17, 15) is 9.59 Å². The maximum atomic E-state index is 12.9. The van der Waals surface area contributed by atoms with Crippen molar-refractivity contribution < 1.29 is 9.59 Å². The molecular formula is C23H30N2O2. The zero-order valence-corrected chi connectivity index (χ0v) is 16.8. The van der Waals surface area contributed by atoms with Crippen molar-refractivity contribution in [3.05, 3.63) is 71.3 Å². The van der Waals surface area contributed by atoms with E-state index in [1.54, 1.807) is 6.07 Å². The molecule has 0 bridgehead atoms. The summed E-state index contributed by atoms with van der Waals surface area (Å²) >= 11 is 0. The number of hydrazine groups is 1. The summed E-state index contributed by atoms with van der Waals surface area (Å²) in [6, 6.07) is 17.7. The molecule has 0 unspecified atom stereocenters. The van der Waals surface area contributed by atoms with Gasteiger partial charge in [-0.2, -0.15) is 0 Å². The van der Waals surface area contributed by atoms with Crippen molar-refractivity contribution in [2.75, 3.05) is 0 Å². The topological polar surface area (TPSA) is 49.4 Å². The second kappa shape index (κ2) is 9.36. The summed E-state index contributed by atoms with van der Waals surface area (Å²) < 4.78 is 0. The van der Waals surface area contributed by atoms with Gasteiger partial charge in [-0.3, -0.25) is 15.0 Å². The van der Waals surface area contributed by atoms with Crippen LogP contribution in [0.5, 0.6) is 0 Å². The maximum Gasteiger partial charge on any atom is 0.272 e. The minimum Gasteiger partial charge on any atom is -0.273 e. The SMILES string of the molecule is Cc1cccc(C(=O)N(NC(=O)CCCCc2ccccc2)C(C)(C)C)c1. The largest absolute Gasteiger partial charge is 0.273 e. The molecule has 0 aliphatic rings. The third-order valence-corrected chi connectivity index (χ3v) is 4.34. The van der Waals surface area contributed by atoms with Gasteiger partial charge in [-0.25, -0.2) is 5.01 Å². The molecule has 2 amide bonds. The molecule has 2 aromatic rings. The first-order chi connectivity index (χ1) is 12.8. The van der Waals surface area contributed by atoms with E-state index in [0.717, 1.165) is 24.8 Å². The van der Waals surface area contributed by atoms with Crippen molar-refractivity contribution in [2.45, 2.75) is 58.9 Å². The van der Waals surface area contributed by atoms with E-state index in [4.69, 9.17) is 0 Å². The number of benzene rings is 2. The minimum atomic E-state index is -0.513. The number of hydrogen-bond acceptors (Lipinski definition) is 2. The van der Waals surface area contributed by atoms with Crippen molar-refractivity contribution in [1.29, 1.82) is 0 Å². The van der Waals surface area contributed by atoms with Crippen LogP contribution in [0, 0.1) is 6.92 Å². The second-order valence-electron chi connectivity index (χ2n) is 7.91. The highest BCUT2D eigenvalue weighted by Gasteiger charge is 2.29. The molecule has 4 nitrogen and oxygen atoms in total. The summed E-state index contributed by atoms with van der Waals surface area (Å²) in [6.07, 6.45) is 3.09. The van der Waals surface area contributed by atoms with Gasteiger partial charge >= 0.3 is 0 Å². The first kappa shape index (κ1) is 20.7. The van der Waals surface area contributed by atoms with Gasteiger partial charge in [0.25, 0.3) is 5.91 Å². The molecule has 0 aliphatic carbocycles. The van der Waals surface area contributed by atoms with Crippen LogP contribution in [0.25, 0.3) is 0 Å². The second-order valence-corrected chi connectivity index (χ2v) is 7.91. The smallest absolute Gasteiger partial charge is 0.272 e. The fraction of sp³-hybridized carbons (Fsp3) is 0.391. The summed E-state index contributed by atoms with van der Waals surface area (Å²) in [4.78, 5) is 25.3. The first-order valence-corrected chi connectivity index (χ1v) is 9.52. The average Bonchev–Trinajstić information content (AvgIpc) is 2.63. The van der Waals surface area contributed by atoms with Crippen LogP contribution in [0.2, 0.25) is 0 Å². The molecular weight excluding hydrogens is 336 g/mol. The molecule has 0 fully saturated rings. The van der Waals surface area contributed by atoms with Gasteiger partial charge in [-0.15, -0.1) is 0 Å². The lowest BCUT2D eigenvalue weighted by Gasteiger charge is -2.35. The Hall–Kier alpha value is -2.62. The van der Waals surface area contributed by atoms with Gasteiger partial charge in [-0.05, 0) is 64.7 Å². The minimum absolute atomic E-state index is 0.126. The molecule has 0 radical (unpaired) electrons. The van der Waals surface area contributed by atoms with Gasteiger partial charge in [0.1, 0.15) is 0 Å². The van der Waals surface area contributed by atoms with E-state index in [1.807, 2.05) is 64.1 Å². The van der Waals surface area contributed by atoms with Gasteiger partial charge in [0, 0.05) is 12.0 Å². The van der Waals surface area contributed by atoms with E-state index in [0.29, 0.717) is 12.0 Å². The summed E-state index contributed by atoms with van der Waals surface area (Å²) in [5, 5.41) is 1.45. The number of unbranched alkanes of at least 4 members (excludes halogenated alkanes) is 1. The van der Waals surface area contributed by atoms with Crippen LogP contribution in [0.1, 0.15) is 61.5 Å². The fourth-order valence-corrected chi connectivity index (χ4v) is 2.87. The zero-order chi connectivity index (χ0) is 19.9. The Kier molecular flexibility index (Phi) is 7.17. The zero-order valence-electron chi connectivity index (χ0n) is 16.8. The van der Waals surface area contributed by atoms with Crippen LogP contribution in [-0.4, -0.2) is 22.4 Å². The van der Waals surface area contributed by atoms with E-state index in [-0.39, 0.29) is 11.8 Å². The normalized spacial score (nSPS) is 11.1. The lowest BCUT2D eigenvalue weighted by molar-refractivity contribution is -0.127. The van der Waals surface area contributed by atoms with Crippen molar-refractivity contribution >= 4 is 11.8 Å². The summed E-state index contributed by atoms with van der Waals surface area (Å²) in [5.41, 5.74) is 5.18. The molecule has 0 heterocycles. The lowest BCUT2D eigenvalue weighted by Crippen LogP contribution is -2.55. The maximum absolute atomic E-state index is 12.9. The standard InChI is InChI=1S/C23H30N2O2/c1-18-11-10-15-20(17-18)22(27)25(23(2,3)4)24-21(26)16-9-8-14-19-12-6-5-7-13-19/h5-7,10-13,15,17H,8-9,14,16H2,1-4H3,(H,24,26). The van der Waals surface area contributed by atoms with Gasteiger partial charge in [0.2, 0.25) is 5.91 Å². The molecule has 27 heavy (non-hydrogen) atoms. The number of rotatable bonds is 6. The molecule has 1 N–H and O–H groups in total. The van der Waals surface area contributed by atoms with Crippen molar-refractivity contribution in [2.24, 2.45) is 0 Å². The van der Waals surface area contributed by atoms with Crippen molar-refractivity contribution in [1.82, 2.24) is 10.4 Å².